The van der Waals surface area contributed by atoms with Crippen LogP contribution in [0.2, 0.25) is 0 Å². The molecular formula is C23H40FN3O2. The molecule has 6 heteroatoms. The van der Waals surface area contributed by atoms with Gasteiger partial charge in [-0.15, -0.1) is 0 Å². The lowest BCUT2D eigenvalue weighted by molar-refractivity contribution is -0.134. The van der Waals surface area contributed by atoms with Crippen molar-refractivity contribution in [1.82, 2.24) is 9.80 Å². The largest absolute Gasteiger partial charge is 0.391 e. The van der Waals surface area contributed by atoms with Crippen molar-refractivity contribution in [3.63, 3.8) is 0 Å². The molecule has 0 radical (unpaired) electrons. The number of halogens is 1. The summed E-state index contributed by atoms with van der Waals surface area (Å²) in [6.45, 7) is 15.6. The second-order valence-corrected chi connectivity index (χ2v) is 7.10. The van der Waals surface area contributed by atoms with Gasteiger partial charge in [0.15, 0.2) is 0 Å². The van der Waals surface area contributed by atoms with Gasteiger partial charge < -0.3 is 19.8 Å². The van der Waals surface area contributed by atoms with Crippen LogP contribution in [0.5, 0.6) is 0 Å². The number of carbonyl (C=O) groups is 1. The van der Waals surface area contributed by atoms with Crippen LogP contribution in [-0.2, 0) is 4.79 Å². The zero-order valence-electron chi connectivity index (χ0n) is 19.1. The molecule has 2 heterocycles. The number of anilines is 1. The monoisotopic (exact) mass is 409 g/mol. The Morgan fingerprint density at radius 1 is 1.07 bits per heavy atom. The predicted octanol–water partition coefficient (Wildman–Crippen LogP) is 4.11. The van der Waals surface area contributed by atoms with Crippen molar-refractivity contribution in [1.29, 1.82) is 0 Å². The van der Waals surface area contributed by atoms with E-state index >= 15 is 0 Å². The number of hydrogen-bond acceptors (Lipinski definition) is 4. The molecular weight excluding hydrogens is 369 g/mol. The topological polar surface area (TPSA) is 47.0 Å². The summed E-state index contributed by atoms with van der Waals surface area (Å²) in [5, 5.41) is 10.0. The smallest absolute Gasteiger partial charge is 0.250 e. The summed E-state index contributed by atoms with van der Waals surface area (Å²) < 4.78 is 13.3. The van der Waals surface area contributed by atoms with Crippen LogP contribution in [0.4, 0.5) is 10.1 Å². The zero-order chi connectivity index (χ0) is 22.0. The van der Waals surface area contributed by atoms with E-state index in [1.165, 1.54) is 12.1 Å². The van der Waals surface area contributed by atoms with Gasteiger partial charge in [-0.25, -0.2) is 4.39 Å². The van der Waals surface area contributed by atoms with E-state index in [1.807, 2.05) is 34.6 Å². The fraction of sp³-hybridized carbons (Fsp3) is 0.696. The van der Waals surface area contributed by atoms with Crippen molar-refractivity contribution in [3.8, 4) is 0 Å². The van der Waals surface area contributed by atoms with E-state index in [-0.39, 0.29) is 11.7 Å². The van der Waals surface area contributed by atoms with Crippen LogP contribution in [0.1, 0.15) is 60.8 Å². The molecule has 1 atom stereocenters. The number of aliphatic hydroxyl groups is 1. The van der Waals surface area contributed by atoms with E-state index in [4.69, 9.17) is 0 Å². The molecule has 1 unspecified atom stereocenters. The molecule has 2 aliphatic rings. The van der Waals surface area contributed by atoms with E-state index in [2.05, 4.69) is 16.7 Å². The van der Waals surface area contributed by atoms with Gasteiger partial charge in [0, 0.05) is 25.3 Å². The van der Waals surface area contributed by atoms with Crippen LogP contribution in [0, 0.1) is 5.82 Å². The highest BCUT2D eigenvalue weighted by molar-refractivity contribution is 5.93. The Bertz CT molecular complexity index is 601. The molecule has 2 saturated heterocycles. The van der Waals surface area contributed by atoms with Crippen molar-refractivity contribution in [2.45, 2.75) is 72.4 Å². The fourth-order valence-corrected chi connectivity index (χ4v) is 3.98. The van der Waals surface area contributed by atoms with E-state index in [0.29, 0.717) is 19.6 Å². The number of amides is 1. The van der Waals surface area contributed by atoms with Crippen molar-refractivity contribution in [2.75, 3.05) is 37.7 Å². The molecule has 1 amide bonds. The molecule has 166 valence electrons. The fourth-order valence-electron chi connectivity index (χ4n) is 3.98. The third-order valence-electron chi connectivity index (χ3n) is 5.69. The number of piperidine rings is 1. The van der Waals surface area contributed by atoms with Gasteiger partial charge in [-0.3, -0.25) is 4.79 Å². The van der Waals surface area contributed by atoms with Gasteiger partial charge in [0.1, 0.15) is 11.4 Å². The highest BCUT2D eigenvalue weighted by Gasteiger charge is 2.53. The van der Waals surface area contributed by atoms with Gasteiger partial charge in [0.25, 0.3) is 0 Å². The first-order valence-corrected chi connectivity index (χ1v) is 11.2. The first-order chi connectivity index (χ1) is 14.0. The van der Waals surface area contributed by atoms with Crippen LogP contribution >= 0.6 is 0 Å². The Labute approximate surface area is 176 Å². The zero-order valence-corrected chi connectivity index (χ0v) is 19.1. The molecule has 3 rings (SSSR count). The lowest BCUT2D eigenvalue weighted by Gasteiger charge is -2.43. The molecule has 1 aromatic carbocycles. The number of benzene rings is 1. The average Bonchev–Trinajstić information content (AvgIpc) is 3.03. The number of nitrogens with zero attached hydrogens (tertiary/aromatic N) is 3. The number of rotatable bonds is 5. The minimum Gasteiger partial charge on any atom is -0.391 e. The number of carbonyl (C=O) groups excluding carboxylic acids is 1. The highest BCUT2D eigenvalue weighted by atomic mass is 19.1. The van der Waals surface area contributed by atoms with E-state index in [1.54, 1.807) is 17.0 Å². The molecule has 1 spiro atoms. The Morgan fingerprint density at radius 2 is 1.62 bits per heavy atom. The second kappa shape index (κ2) is 12.1. The second-order valence-electron chi connectivity index (χ2n) is 7.10. The van der Waals surface area contributed by atoms with Crippen LogP contribution in [-0.4, -0.2) is 65.3 Å². The Balaban J connectivity index is 0.000000989. The van der Waals surface area contributed by atoms with Crippen LogP contribution in [0.25, 0.3) is 0 Å². The summed E-state index contributed by atoms with van der Waals surface area (Å²) in [6, 6.07) is 6.38. The quantitative estimate of drug-likeness (QED) is 0.795. The summed E-state index contributed by atoms with van der Waals surface area (Å²) >= 11 is 0. The molecule has 2 fully saturated rings. The van der Waals surface area contributed by atoms with Gasteiger partial charge in [-0.1, -0.05) is 41.5 Å². The minimum atomic E-state index is -0.572. The SMILES string of the molecule is CC.CC.CCC(O)CN1CN(c2ccc(F)cc2)C2(CCN(CC)CC2)C1=O. The number of likely N-dealkylation sites (tertiary alicyclic amines) is 1. The molecule has 1 N–H and O–H groups in total. The lowest BCUT2D eigenvalue weighted by atomic mass is 9.85. The summed E-state index contributed by atoms with van der Waals surface area (Å²) in [5.74, 6) is -0.178. The summed E-state index contributed by atoms with van der Waals surface area (Å²) in [7, 11) is 0. The molecule has 29 heavy (non-hydrogen) atoms. The standard InChI is InChI=1S/C19H28FN3O2.2C2H6/c1-3-17(24)13-22-14-23(16-7-5-15(20)6-8-16)19(18(22)25)9-11-21(4-2)12-10-19;2*1-2/h5-8,17,24H,3-4,9-14H2,1-2H3;2*1-2H3. The molecule has 2 aliphatic heterocycles. The van der Waals surface area contributed by atoms with Crippen LogP contribution < -0.4 is 4.90 Å². The molecule has 0 bridgehead atoms. The van der Waals surface area contributed by atoms with Crippen molar-refractivity contribution >= 4 is 11.6 Å². The van der Waals surface area contributed by atoms with E-state index in [0.717, 1.165) is 38.2 Å². The van der Waals surface area contributed by atoms with Crippen molar-refractivity contribution in [3.05, 3.63) is 30.1 Å². The van der Waals surface area contributed by atoms with E-state index in [9.17, 15) is 14.3 Å². The third kappa shape index (κ3) is 5.70. The number of aliphatic hydroxyl groups excluding tert-OH is 1. The Hall–Kier alpha value is -1.66. The van der Waals surface area contributed by atoms with Gasteiger partial charge in [-0.2, -0.15) is 0 Å². The molecule has 0 saturated carbocycles. The molecule has 5 nitrogen and oxygen atoms in total. The Morgan fingerprint density at radius 3 is 2.10 bits per heavy atom. The summed E-state index contributed by atoms with van der Waals surface area (Å²) in [4.78, 5) is 19.5. The molecule has 1 aromatic rings. The number of hydrogen-bond donors (Lipinski definition) is 1. The predicted molar refractivity (Wildman–Crippen MR) is 119 cm³/mol. The van der Waals surface area contributed by atoms with Crippen molar-refractivity contribution in [2.24, 2.45) is 0 Å². The summed E-state index contributed by atoms with van der Waals surface area (Å²) in [5.41, 5.74) is 0.296. The lowest BCUT2D eigenvalue weighted by Crippen LogP contribution is -2.56. The van der Waals surface area contributed by atoms with E-state index < -0.39 is 11.6 Å². The minimum absolute atomic E-state index is 0.0973. The first kappa shape index (κ1) is 25.4. The first-order valence-electron chi connectivity index (χ1n) is 11.2. The van der Waals surface area contributed by atoms with Crippen LogP contribution in [0.15, 0.2) is 24.3 Å². The molecule has 0 aliphatic carbocycles. The van der Waals surface area contributed by atoms with Gasteiger partial charge in [0.2, 0.25) is 5.91 Å². The number of β-amino-alcohol motifs (C(OH)–C–C–N with tert-alkyl or cyclic N) is 1. The average molecular weight is 410 g/mol. The normalized spacial score (nSPS) is 19.4. The maximum Gasteiger partial charge on any atom is 0.250 e. The highest BCUT2D eigenvalue weighted by Crippen LogP contribution is 2.39. The third-order valence-corrected chi connectivity index (χ3v) is 5.69. The van der Waals surface area contributed by atoms with Crippen LogP contribution in [0.3, 0.4) is 0 Å². The van der Waals surface area contributed by atoms with Crippen molar-refractivity contribution < 1.29 is 14.3 Å². The maximum absolute atomic E-state index is 13.3. The van der Waals surface area contributed by atoms with Gasteiger partial charge in [0.05, 0.1) is 12.8 Å². The van der Waals surface area contributed by atoms with Gasteiger partial charge >= 0.3 is 0 Å². The summed E-state index contributed by atoms with van der Waals surface area (Å²) in [6.07, 6.45) is 1.63. The van der Waals surface area contributed by atoms with Gasteiger partial charge in [-0.05, 0) is 50.1 Å². The maximum atomic E-state index is 13.3. The molecule has 0 aromatic heterocycles. The Kier molecular flexibility index (Phi) is 10.6.